The van der Waals surface area contributed by atoms with E-state index in [0.29, 0.717) is 18.1 Å². The van der Waals surface area contributed by atoms with Gasteiger partial charge in [-0.05, 0) is 23.8 Å². The van der Waals surface area contributed by atoms with E-state index in [0.717, 1.165) is 5.56 Å². The third-order valence-corrected chi connectivity index (χ3v) is 2.88. The van der Waals surface area contributed by atoms with Crippen molar-refractivity contribution >= 4 is 17.9 Å². The van der Waals surface area contributed by atoms with E-state index in [1.807, 2.05) is 0 Å². The highest BCUT2D eigenvalue weighted by Crippen LogP contribution is 2.28. The number of hydrogen-bond donors (Lipinski definition) is 1. The Labute approximate surface area is 136 Å². The van der Waals surface area contributed by atoms with Crippen molar-refractivity contribution in [2.45, 2.75) is 0 Å². The van der Waals surface area contributed by atoms with Crippen LogP contribution in [0.15, 0.2) is 36.9 Å². The number of amides is 2. The van der Waals surface area contributed by atoms with E-state index in [1.165, 1.54) is 11.0 Å². The van der Waals surface area contributed by atoms with Crippen molar-refractivity contribution in [3.63, 3.8) is 0 Å². The number of hydrogen-bond acceptors (Lipinski definition) is 4. The number of methoxy groups -OCH3 is 1. The largest absolute Gasteiger partial charge is 0.493 e. The van der Waals surface area contributed by atoms with E-state index in [9.17, 15) is 9.59 Å². The first-order valence-corrected chi connectivity index (χ1v) is 7.05. The molecule has 0 spiro atoms. The lowest BCUT2D eigenvalue weighted by Gasteiger charge is -2.10. The fourth-order valence-electron chi connectivity index (χ4n) is 1.61. The number of ether oxygens (including phenoxy) is 2. The quantitative estimate of drug-likeness (QED) is 0.582. The number of carbonyl (C=O) groups excluding carboxylic acids is 2. The minimum absolute atomic E-state index is 0.0339. The van der Waals surface area contributed by atoms with Crippen molar-refractivity contribution in [3.8, 4) is 11.5 Å². The van der Waals surface area contributed by atoms with E-state index in [4.69, 9.17) is 9.47 Å². The van der Waals surface area contributed by atoms with Crippen LogP contribution in [0.5, 0.6) is 11.5 Å². The number of benzene rings is 1. The summed E-state index contributed by atoms with van der Waals surface area (Å²) in [6, 6.07) is 5.32. The van der Waals surface area contributed by atoms with Gasteiger partial charge in [0, 0.05) is 20.2 Å². The number of rotatable bonds is 8. The Balaban J connectivity index is 2.67. The average molecular weight is 318 g/mol. The molecule has 1 rings (SSSR count). The van der Waals surface area contributed by atoms with Gasteiger partial charge in [0.25, 0.3) is 0 Å². The van der Waals surface area contributed by atoms with Gasteiger partial charge in [-0.15, -0.1) is 0 Å². The van der Waals surface area contributed by atoms with Gasteiger partial charge in [0.15, 0.2) is 11.5 Å². The Morgan fingerprint density at radius 3 is 2.65 bits per heavy atom. The zero-order chi connectivity index (χ0) is 17.2. The molecule has 0 radical (unpaired) electrons. The van der Waals surface area contributed by atoms with Crippen LogP contribution in [0, 0.1) is 0 Å². The third kappa shape index (κ3) is 6.25. The highest BCUT2D eigenvalue weighted by atomic mass is 16.5. The Morgan fingerprint density at radius 1 is 1.30 bits per heavy atom. The van der Waals surface area contributed by atoms with Crippen LogP contribution in [0.25, 0.3) is 6.08 Å². The first-order chi connectivity index (χ1) is 11.0. The lowest BCUT2D eigenvalue weighted by Crippen LogP contribution is -2.35. The average Bonchev–Trinajstić information content (AvgIpc) is 2.55. The molecule has 0 heterocycles. The van der Waals surface area contributed by atoms with Gasteiger partial charge in [-0.2, -0.15) is 0 Å². The predicted octanol–water partition coefficient (Wildman–Crippen LogP) is 1.48. The van der Waals surface area contributed by atoms with Crippen LogP contribution in [0.2, 0.25) is 0 Å². The van der Waals surface area contributed by atoms with Crippen molar-refractivity contribution < 1.29 is 19.1 Å². The number of nitrogens with one attached hydrogen (secondary N) is 1. The standard InChI is InChI=1S/C17H22N2O4/c1-5-10-23-14-8-6-13(11-15(14)22-4)7-9-16(20)18-12-17(21)19(2)3/h5-9,11H,1,10,12H2,2-4H3,(H,18,20)/b9-7+. The van der Waals surface area contributed by atoms with Crippen molar-refractivity contribution in [1.29, 1.82) is 0 Å². The van der Waals surface area contributed by atoms with E-state index >= 15 is 0 Å². The molecule has 0 bridgehead atoms. The molecule has 1 aromatic carbocycles. The lowest BCUT2D eigenvalue weighted by molar-refractivity contribution is -0.129. The van der Waals surface area contributed by atoms with Crippen LogP contribution in [0.1, 0.15) is 5.56 Å². The maximum absolute atomic E-state index is 11.7. The molecule has 0 saturated heterocycles. The maximum atomic E-state index is 11.7. The molecule has 124 valence electrons. The predicted molar refractivity (Wildman–Crippen MR) is 89.4 cm³/mol. The smallest absolute Gasteiger partial charge is 0.244 e. The molecule has 0 aliphatic carbocycles. The highest BCUT2D eigenvalue weighted by molar-refractivity contribution is 5.94. The summed E-state index contributed by atoms with van der Waals surface area (Å²) in [5, 5.41) is 2.52. The minimum atomic E-state index is -0.342. The molecule has 1 N–H and O–H groups in total. The Hall–Kier alpha value is -2.76. The van der Waals surface area contributed by atoms with Crippen LogP contribution >= 0.6 is 0 Å². The maximum Gasteiger partial charge on any atom is 0.244 e. The Morgan fingerprint density at radius 2 is 2.04 bits per heavy atom. The summed E-state index contributed by atoms with van der Waals surface area (Å²) >= 11 is 0. The molecule has 0 aliphatic heterocycles. The van der Waals surface area contributed by atoms with Crippen LogP contribution in [-0.2, 0) is 9.59 Å². The van der Waals surface area contributed by atoms with Crippen molar-refractivity contribution in [2.75, 3.05) is 34.4 Å². The second kappa shape index (κ2) is 9.30. The van der Waals surface area contributed by atoms with Crippen molar-refractivity contribution in [1.82, 2.24) is 10.2 Å². The molecule has 0 unspecified atom stereocenters. The first-order valence-electron chi connectivity index (χ1n) is 7.05. The van der Waals surface area contributed by atoms with E-state index < -0.39 is 0 Å². The van der Waals surface area contributed by atoms with Gasteiger partial charge in [-0.1, -0.05) is 18.7 Å². The van der Waals surface area contributed by atoms with Gasteiger partial charge in [-0.25, -0.2) is 0 Å². The highest BCUT2D eigenvalue weighted by Gasteiger charge is 2.06. The van der Waals surface area contributed by atoms with Crippen LogP contribution < -0.4 is 14.8 Å². The third-order valence-electron chi connectivity index (χ3n) is 2.88. The lowest BCUT2D eigenvalue weighted by atomic mass is 10.2. The molecule has 6 nitrogen and oxygen atoms in total. The molecule has 0 atom stereocenters. The monoisotopic (exact) mass is 318 g/mol. The van der Waals surface area contributed by atoms with Gasteiger partial charge in [0.1, 0.15) is 6.61 Å². The molecule has 0 saturated carbocycles. The van der Waals surface area contributed by atoms with Crippen molar-refractivity contribution in [2.24, 2.45) is 0 Å². The first kappa shape index (κ1) is 18.3. The Bertz CT molecular complexity index is 594. The summed E-state index contributed by atoms with van der Waals surface area (Å²) in [6.07, 6.45) is 4.64. The number of carbonyl (C=O) groups is 2. The molecule has 23 heavy (non-hydrogen) atoms. The summed E-state index contributed by atoms with van der Waals surface area (Å²) in [6.45, 7) is 3.94. The van der Waals surface area contributed by atoms with E-state index in [1.54, 1.807) is 51.6 Å². The molecular weight excluding hydrogens is 296 g/mol. The molecular formula is C17H22N2O4. The normalized spacial score (nSPS) is 10.2. The second-order valence-corrected chi connectivity index (χ2v) is 4.85. The van der Waals surface area contributed by atoms with Gasteiger partial charge in [0.05, 0.1) is 13.7 Å². The van der Waals surface area contributed by atoms with Crippen molar-refractivity contribution in [3.05, 3.63) is 42.5 Å². The van der Waals surface area contributed by atoms with E-state index in [2.05, 4.69) is 11.9 Å². The number of likely N-dealkylation sites (N-methyl/N-ethyl adjacent to an activating group) is 1. The minimum Gasteiger partial charge on any atom is -0.493 e. The fourth-order valence-corrected chi connectivity index (χ4v) is 1.61. The molecule has 1 aromatic rings. The fraction of sp³-hybridized carbons (Fsp3) is 0.294. The van der Waals surface area contributed by atoms with Gasteiger partial charge < -0.3 is 19.7 Å². The number of nitrogens with zero attached hydrogens (tertiary/aromatic N) is 1. The zero-order valence-electron chi connectivity index (χ0n) is 13.7. The summed E-state index contributed by atoms with van der Waals surface area (Å²) < 4.78 is 10.7. The molecule has 6 heteroatoms. The summed E-state index contributed by atoms with van der Waals surface area (Å²) in [4.78, 5) is 24.5. The topological polar surface area (TPSA) is 67.9 Å². The van der Waals surface area contributed by atoms with Crippen LogP contribution in [-0.4, -0.2) is 51.1 Å². The van der Waals surface area contributed by atoms with Gasteiger partial charge >= 0.3 is 0 Å². The van der Waals surface area contributed by atoms with E-state index in [-0.39, 0.29) is 18.4 Å². The summed E-state index contributed by atoms with van der Waals surface area (Å²) in [5.41, 5.74) is 0.780. The zero-order valence-corrected chi connectivity index (χ0v) is 13.7. The molecule has 2 amide bonds. The molecule has 0 aromatic heterocycles. The summed E-state index contributed by atoms with van der Waals surface area (Å²) in [7, 11) is 4.81. The SMILES string of the molecule is C=CCOc1ccc(/C=C/C(=O)NCC(=O)N(C)C)cc1OC. The van der Waals surface area contributed by atoms with Crippen LogP contribution in [0.4, 0.5) is 0 Å². The van der Waals surface area contributed by atoms with Crippen LogP contribution in [0.3, 0.4) is 0 Å². The molecule has 0 aliphatic rings. The Kier molecular flexibility index (Phi) is 7.39. The van der Waals surface area contributed by atoms with Gasteiger partial charge in [-0.3, -0.25) is 9.59 Å². The van der Waals surface area contributed by atoms with Gasteiger partial charge in [0.2, 0.25) is 11.8 Å². The summed E-state index contributed by atoms with van der Waals surface area (Å²) in [5.74, 6) is 0.658. The second-order valence-electron chi connectivity index (χ2n) is 4.85. The molecule has 0 fully saturated rings.